The second-order valence-electron chi connectivity index (χ2n) is 7.64. The number of hydrogen-bond donors (Lipinski definition) is 1. The number of carbonyl (C=O) groups is 2. The molecule has 0 radical (unpaired) electrons. The summed E-state index contributed by atoms with van der Waals surface area (Å²) >= 11 is 0. The largest absolute Gasteiger partial charge is 0.465 e. The lowest BCUT2D eigenvalue weighted by atomic mass is 9.93. The first-order valence-corrected chi connectivity index (χ1v) is 9.79. The zero-order chi connectivity index (χ0) is 19.9. The highest BCUT2D eigenvalue weighted by Crippen LogP contribution is 2.24. The molecule has 1 aliphatic rings. The Morgan fingerprint density at radius 2 is 1.81 bits per heavy atom. The Balaban J connectivity index is 2.06. The molecule has 6 heteroatoms. The molecular weight excluding hydrogens is 347 g/mol. The van der Waals surface area contributed by atoms with Crippen molar-refractivity contribution in [3.8, 4) is 0 Å². The monoisotopic (exact) mass is 378 g/mol. The second-order valence-corrected chi connectivity index (χ2v) is 7.64. The molecule has 0 atom stereocenters. The first-order valence-electron chi connectivity index (χ1n) is 9.79. The topological polar surface area (TPSA) is 58.6 Å². The van der Waals surface area contributed by atoms with Gasteiger partial charge < -0.3 is 9.64 Å². The van der Waals surface area contributed by atoms with Crippen molar-refractivity contribution in [1.82, 2.24) is 10.2 Å². The smallest absolute Gasteiger partial charge is 0.325 e. The average molecular weight is 378 g/mol. The average Bonchev–Trinajstić information content (AvgIpc) is 2.66. The number of rotatable bonds is 8. The fraction of sp³-hybridized carbons (Fsp3) is 0.619. The number of ether oxygens (including phenoxy) is 1. The van der Waals surface area contributed by atoms with Crippen molar-refractivity contribution in [2.24, 2.45) is 0 Å². The fourth-order valence-corrected chi connectivity index (χ4v) is 3.38. The Bertz CT molecular complexity index is 625. The number of esters is 1. The van der Waals surface area contributed by atoms with Gasteiger partial charge in [-0.15, -0.1) is 0 Å². The number of amides is 1. The fourth-order valence-electron chi connectivity index (χ4n) is 3.38. The summed E-state index contributed by atoms with van der Waals surface area (Å²) < 4.78 is 18.3. The standard InChI is InChI=1S/C21H31FN2O3/c1-4-27-20(26)21(2,3)23-14-19(25)24(18-8-6-5-7-9-18)15-16-10-12-17(22)13-11-16/h10-13,18,23H,4-9,14-15H2,1-3H3. The van der Waals surface area contributed by atoms with E-state index in [0.29, 0.717) is 13.2 Å². The second kappa shape index (κ2) is 9.83. The van der Waals surface area contributed by atoms with E-state index in [2.05, 4.69) is 5.32 Å². The Morgan fingerprint density at radius 1 is 1.19 bits per heavy atom. The van der Waals surface area contributed by atoms with Gasteiger partial charge in [0, 0.05) is 12.6 Å². The van der Waals surface area contributed by atoms with Crippen molar-refractivity contribution in [1.29, 1.82) is 0 Å². The molecule has 0 aliphatic heterocycles. The molecule has 0 bridgehead atoms. The normalized spacial score (nSPS) is 15.4. The molecule has 1 fully saturated rings. The zero-order valence-corrected chi connectivity index (χ0v) is 16.6. The van der Waals surface area contributed by atoms with Gasteiger partial charge in [0.2, 0.25) is 5.91 Å². The van der Waals surface area contributed by atoms with Gasteiger partial charge in [0.25, 0.3) is 0 Å². The molecule has 1 aliphatic carbocycles. The molecule has 0 unspecified atom stereocenters. The van der Waals surface area contributed by atoms with Crippen LogP contribution in [-0.2, 0) is 20.9 Å². The summed E-state index contributed by atoms with van der Waals surface area (Å²) in [4.78, 5) is 26.9. The lowest BCUT2D eigenvalue weighted by molar-refractivity contribution is -0.150. The van der Waals surface area contributed by atoms with Crippen molar-refractivity contribution in [2.45, 2.75) is 71.0 Å². The molecule has 0 spiro atoms. The van der Waals surface area contributed by atoms with E-state index in [-0.39, 0.29) is 30.3 Å². The Hall–Kier alpha value is -1.95. The maximum Gasteiger partial charge on any atom is 0.325 e. The highest BCUT2D eigenvalue weighted by Gasteiger charge is 2.31. The van der Waals surface area contributed by atoms with Crippen LogP contribution in [-0.4, -0.2) is 41.5 Å². The van der Waals surface area contributed by atoms with Crippen molar-refractivity contribution >= 4 is 11.9 Å². The molecule has 0 aromatic heterocycles. The van der Waals surface area contributed by atoms with Crippen LogP contribution in [0.3, 0.4) is 0 Å². The molecule has 1 aromatic rings. The third-order valence-electron chi connectivity index (χ3n) is 5.07. The molecule has 2 rings (SSSR count). The van der Waals surface area contributed by atoms with E-state index in [0.717, 1.165) is 31.2 Å². The molecule has 5 nitrogen and oxygen atoms in total. The first-order chi connectivity index (χ1) is 12.8. The molecule has 27 heavy (non-hydrogen) atoms. The summed E-state index contributed by atoms with van der Waals surface area (Å²) in [6.45, 7) is 5.99. The molecule has 1 aromatic carbocycles. The summed E-state index contributed by atoms with van der Waals surface area (Å²) in [5.41, 5.74) is -0.0280. The lowest BCUT2D eigenvalue weighted by Gasteiger charge is -2.35. The number of nitrogens with one attached hydrogen (secondary N) is 1. The van der Waals surface area contributed by atoms with Gasteiger partial charge in [-0.3, -0.25) is 14.9 Å². The molecule has 1 N–H and O–H groups in total. The van der Waals surface area contributed by atoms with Crippen molar-refractivity contribution < 1.29 is 18.7 Å². The van der Waals surface area contributed by atoms with Gasteiger partial charge in [-0.2, -0.15) is 0 Å². The molecule has 150 valence electrons. The van der Waals surface area contributed by atoms with Crippen LogP contribution in [0.2, 0.25) is 0 Å². The van der Waals surface area contributed by atoms with E-state index in [1.54, 1.807) is 32.9 Å². The van der Waals surface area contributed by atoms with Crippen LogP contribution < -0.4 is 5.32 Å². The van der Waals surface area contributed by atoms with Crippen LogP contribution in [0.15, 0.2) is 24.3 Å². The maximum absolute atomic E-state index is 13.2. The third-order valence-corrected chi connectivity index (χ3v) is 5.07. The van der Waals surface area contributed by atoms with Crippen LogP contribution >= 0.6 is 0 Å². The Labute approximate surface area is 161 Å². The van der Waals surface area contributed by atoms with E-state index in [4.69, 9.17) is 4.74 Å². The van der Waals surface area contributed by atoms with Gasteiger partial charge in [-0.25, -0.2) is 4.39 Å². The SMILES string of the molecule is CCOC(=O)C(C)(C)NCC(=O)N(Cc1ccc(F)cc1)C1CCCCC1. The number of benzene rings is 1. The molecule has 0 saturated heterocycles. The van der Waals surface area contributed by atoms with Gasteiger partial charge in [0.15, 0.2) is 0 Å². The molecule has 1 amide bonds. The zero-order valence-electron chi connectivity index (χ0n) is 16.6. The Kier molecular flexibility index (Phi) is 7.78. The minimum absolute atomic E-state index is 0.0522. The molecular formula is C21H31FN2O3. The number of nitrogens with zero attached hydrogens (tertiary/aromatic N) is 1. The van der Waals surface area contributed by atoms with Gasteiger partial charge in [-0.1, -0.05) is 31.4 Å². The van der Waals surface area contributed by atoms with E-state index >= 15 is 0 Å². The van der Waals surface area contributed by atoms with Gasteiger partial charge in [-0.05, 0) is 51.3 Å². The third kappa shape index (κ3) is 6.31. The van der Waals surface area contributed by atoms with Gasteiger partial charge in [0.1, 0.15) is 11.4 Å². The van der Waals surface area contributed by atoms with Crippen LogP contribution in [0.1, 0.15) is 58.4 Å². The highest BCUT2D eigenvalue weighted by atomic mass is 19.1. The summed E-state index contributed by atoms with van der Waals surface area (Å²) in [6.07, 6.45) is 5.38. The number of hydrogen-bond acceptors (Lipinski definition) is 4. The van der Waals surface area contributed by atoms with Crippen LogP contribution in [0, 0.1) is 5.82 Å². The molecule has 0 heterocycles. The highest BCUT2D eigenvalue weighted by molar-refractivity contribution is 5.83. The number of carbonyl (C=O) groups excluding carboxylic acids is 2. The van der Waals surface area contributed by atoms with E-state index < -0.39 is 5.54 Å². The maximum atomic E-state index is 13.2. The predicted octanol–water partition coefficient (Wildman–Crippen LogP) is 3.42. The van der Waals surface area contributed by atoms with E-state index in [9.17, 15) is 14.0 Å². The van der Waals surface area contributed by atoms with Crippen molar-refractivity contribution in [2.75, 3.05) is 13.2 Å². The Morgan fingerprint density at radius 3 is 2.41 bits per heavy atom. The summed E-state index contributed by atoms with van der Waals surface area (Å²) in [7, 11) is 0. The van der Waals surface area contributed by atoms with Crippen LogP contribution in [0.5, 0.6) is 0 Å². The summed E-state index contributed by atoms with van der Waals surface area (Å²) in [5.74, 6) is -0.712. The summed E-state index contributed by atoms with van der Waals surface area (Å²) in [6, 6.07) is 6.45. The first kappa shape index (κ1) is 21.4. The minimum Gasteiger partial charge on any atom is -0.465 e. The molecule has 1 saturated carbocycles. The predicted molar refractivity (Wildman–Crippen MR) is 103 cm³/mol. The minimum atomic E-state index is -0.931. The van der Waals surface area contributed by atoms with E-state index in [1.165, 1.54) is 18.6 Å². The van der Waals surface area contributed by atoms with Gasteiger partial charge >= 0.3 is 5.97 Å². The van der Waals surface area contributed by atoms with Crippen molar-refractivity contribution in [3.05, 3.63) is 35.6 Å². The quantitative estimate of drug-likeness (QED) is 0.704. The van der Waals surface area contributed by atoms with E-state index in [1.807, 2.05) is 4.90 Å². The van der Waals surface area contributed by atoms with Crippen LogP contribution in [0.25, 0.3) is 0 Å². The van der Waals surface area contributed by atoms with Crippen molar-refractivity contribution in [3.63, 3.8) is 0 Å². The number of halogens is 1. The summed E-state index contributed by atoms with van der Waals surface area (Å²) in [5, 5.41) is 3.03. The van der Waals surface area contributed by atoms with Gasteiger partial charge in [0.05, 0.1) is 13.2 Å². The van der Waals surface area contributed by atoms with Crippen LogP contribution in [0.4, 0.5) is 4.39 Å². The lowest BCUT2D eigenvalue weighted by Crippen LogP contribution is -2.53.